The van der Waals surface area contributed by atoms with Gasteiger partial charge in [0.05, 0.1) is 6.10 Å². The van der Waals surface area contributed by atoms with Gasteiger partial charge in [0.15, 0.2) is 6.30 Å². The molecule has 1 aliphatic rings. The largest absolute Gasteiger partial charge is 0.476 e. The maximum atomic E-state index is 12.5. The molecule has 1 atom stereocenters. The lowest BCUT2D eigenvalue weighted by molar-refractivity contribution is -0.126. The lowest BCUT2D eigenvalue weighted by Gasteiger charge is -2.24. The number of ether oxygens (including phenoxy) is 1. The molecule has 1 heterocycles. The fourth-order valence-corrected chi connectivity index (χ4v) is 0.764. The number of alkyl halides is 1. The third-order valence-electron chi connectivity index (χ3n) is 1.11. The highest BCUT2D eigenvalue weighted by atomic mass is 19.2. The summed E-state index contributed by atoms with van der Waals surface area (Å²) in [6, 6.07) is 0. The van der Waals surface area contributed by atoms with Crippen LogP contribution >= 0.6 is 0 Å². The molecule has 0 fully saturated rings. The molecule has 0 saturated carbocycles. The minimum absolute atomic E-state index is 0.0683. The number of hydrogen-bond acceptors (Lipinski definition) is 4. The highest BCUT2D eigenvalue weighted by molar-refractivity contribution is 4.96. The molecule has 0 amide bonds. The minimum Gasteiger partial charge on any atom is -0.476 e. The van der Waals surface area contributed by atoms with E-state index in [1.807, 2.05) is 5.43 Å². The Labute approximate surface area is 69.0 Å². The van der Waals surface area contributed by atoms with Gasteiger partial charge in [0.25, 0.3) is 0 Å². The van der Waals surface area contributed by atoms with Gasteiger partial charge in [-0.25, -0.2) is 9.82 Å². The van der Waals surface area contributed by atoms with E-state index in [9.17, 15) is 8.87 Å². The molecule has 1 rings (SSSR count). The quantitative estimate of drug-likeness (QED) is 0.484. The lowest BCUT2D eigenvalue weighted by Crippen LogP contribution is -2.49. The Balaban J connectivity index is 2.51. The number of hydrogen-bond donors (Lipinski definition) is 2. The molecular weight excluding hydrogens is 168 g/mol. The maximum Gasteiger partial charge on any atom is 0.205 e. The Hall–Kier alpha value is -0.880. The first-order valence-corrected chi connectivity index (χ1v) is 3.59. The molecule has 0 aromatic heterocycles. The van der Waals surface area contributed by atoms with Crippen LogP contribution in [0.3, 0.4) is 0 Å². The SMILES string of the molecule is CC(C)OC1=CC(F)NN(F)N1. The molecule has 70 valence electrons. The van der Waals surface area contributed by atoms with Crippen molar-refractivity contribution < 1.29 is 13.6 Å². The van der Waals surface area contributed by atoms with Crippen molar-refractivity contribution in [2.24, 2.45) is 0 Å². The van der Waals surface area contributed by atoms with Crippen molar-refractivity contribution in [3.63, 3.8) is 0 Å². The first-order valence-electron chi connectivity index (χ1n) is 3.59. The van der Waals surface area contributed by atoms with E-state index in [0.717, 1.165) is 6.08 Å². The summed E-state index contributed by atoms with van der Waals surface area (Å²) < 4.78 is 30.0. The fraction of sp³-hybridized carbons (Fsp3) is 0.667. The van der Waals surface area contributed by atoms with Crippen molar-refractivity contribution in [3.05, 3.63) is 12.0 Å². The van der Waals surface area contributed by atoms with E-state index in [0.29, 0.717) is 0 Å². The summed E-state index contributed by atoms with van der Waals surface area (Å²) in [6.07, 6.45) is -0.580. The minimum atomic E-state index is -1.56. The summed E-state index contributed by atoms with van der Waals surface area (Å²) >= 11 is 0. The Kier molecular flexibility index (Phi) is 2.83. The van der Waals surface area contributed by atoms with E-state index in [2.05, 4.69) is 5.43 Å². The molecule has 2 N–H and O–H groups in total. The van der Waals surface area contributed by atoms with Crippen molar-refractivity contribution in [2.75, 3.05) is 0 Å². The van der Waals surface area contributed by atoms with Crippen LogP contribution in [0.2, 0.25) is 0 Å². The van der Waals surface area contributed by atoms with Crippen LogP contribution in [-0.4, -0.2) is 17.7 Å². The summed E-state index contributed by atoms with van der Waals surface area (Å²) in [5, 5.41) is -0.0810. The first kappa shape index (κ1) is 9.21. The third kappa shape index (κ3) is 2.63. The van der Waals surface area contributed by atoms with Crippen LogP contribution in [0.4, 0.5) is 8.87 Å². The Bertz CT molecular complexity index is 186. The molecule has 0 aliphatic carbocycles. The topological polar surface area (TPSA) is 36.5 Å². The predicted octanol–water partition coefficient (Wildman–Crippen LogP) is 0.758. The molecule has 0 saturated heterocycles. The van der Waals surface area contributed by atoms with Gasteiger partial charge in [0.2, 0.25) is 5.88 Å². The molecule has 0 spiro atoms. The Morgan fingerprint density at radius 1 is 1.67 bits per heavy atom. The number of halogens is 2. The molecule has 1 unspecified atom stereocenters. The number of hydrazine groups is 2. The summed E-state index contributed by atoms with van der Waals surface area (Å²) in [6.45, 7) is 3.53. The Morgan fingerprint density at radius 2 is 2.33 bits per heavy atom. The standard InChI is InChI=1S/C6H11F2N3O/c1-4(2)12-6-3-5(7)9-11(8)10-6/h3-5,9-10H,1-2H3. The van der Waals surface area contributed by atoms with Gasteiger partial charge in [0, 0.05) is 11.4 Å². The summed E-state index contributed by atoms with van der Waals surface area (Å²) in [7, 11) is 0. The van der Waals surface area contributed by atoms with Crippen LogP contribution in [-0.2, 0) is 4.74 Å². The lowest BCUT2D eigenvalue weighted by atomic mass is 10.4. The zero-order chi connectivity index (χ0) is 9.14. The molecule has 1 aliphatic heterocycles. The van der Waals surface area contributed by atoms with Gasteiger partial charge in [-0.1, -0.05) is 4.48 Å². The number of nitrogens with zero attached hydrogens (tertiary/aromatic N) is 1. The van der Waals surface area contributed by atoms with Crippen LogP contribution in [0.5, 0.6) is 0 Å². The van der Waals surface area contributed by atoms with Gasteiger partial charge in [-0.2, -0.15) is 5.43 Å². The molecule has 0 radical (unpaired) electrons. The van der Waals surface area contributed by atoms with E-state index in [-0.39, 0.29) is 17.3 Å². The Morgan fingerprint density at radius 3 is 2.83 bits per heavy atom. The summed E-state index contributed by atoms with van der Waals surface area (Å²) in [5.74, 6) is 0.0683. The van der Waals surface area contributed by atoms with Crippen LogP contribution in [0.1, 0.15) is 13.8 Å². The molecule has 0 bridgehead atoms. The van der Waals surface area contributed by atoms with Crippen LogP contribution in [0.25, 0.3) is 0 Å². The highest BCUT2D eigenvalue weighted by Gasteiger charge is 2.19. The zero-order valence-electron chi connectivity index (χ0n) is 6.84. The monoisotopic (exact) mass is 179 g/mol. The van der Waals surface area contributed by atoms with E-state index in [1.54, 1.807) is 13.8 Å². The van der Waals surface area contributed by atoms with Crippen molar-refractivity contribution in [3.8, 4) is 0 Å². The number of nitrogens with one attached hydrogen (secondary N) is 2. The second-order valence-corrected chi connectivity index (χ2v) is 2.62. The smallest absolute Gasteiger partial charge is 0.205 e. The zero-order valence-corrected chi connectivity index (χ0v) is 6.84. The molecule has 0 aromatic carbocycles. The maximum absolute atomic E-state index is 12.5. The van der Waals surface area contributed by atoms with Crippen molar-refractivity contribution in [2.45, 2.75) is 26.2 Å². The third-order valence-corrected chi connectivity index (χ3v) is 1.11. The normalized spacial score (nSPS) is 25.1. The van der Waals surface area contributed by atoms with Gasteiger partial charge in [-0.15, -0.1) is 0 Å². The van der Waals surface area contributed by atoms with Gasteiger partial charge >= 0.3 is 0 Å². The van der Waals surface area contributed by atoms with Gasteiger partial charge in [-0.3, -0.25) is 0 Å². The average molecular weight is 179 g/mol. The van der Waals surface area contributed by atoms with Gasteiger partial charge < -0.3 is 4.74 Å². The summed E-state index contributed by atoms with van der Waals surface area (Å²) in [4.78, 5) is 0. The van der Waals surface area contributed by atoms with Gasteiger partial charge in [0.1, 0.15) is 0 Å². The number of rotatable bonds is 2. The van der Waals surface area contributed by atoms with E-state index < -0.39 is 6.30 Å². The molecular formula is C6H11F2N3O. The van der Waals surface area contributed by atoms with E-state index in [1.165, 1.54) is 0 Å². The molecule has 6 heteroatoms. The second-order valence-electron chi connectivity index (χ2n) is 2.62. The van der Waals surface area contributed by atoms with E-state index >= 15 is 0 Å². The van der Waals surface area contributed by atoms with Crippen LogP contribution in [0.15, 0.2) is 12.0 Å². The van der Waals surface area contributed by atoms with E-state index in [4.69, 9.17) is 4.74 Å². The van der Waals surface area contributed by atoms with Crippen LogP contribution in [0, 0.1) is 0 Å². The highest BCUT2D eigenvalue weighted by Crippen LogP contribution is 2.07. The van der Waals surface area contributed by atoms with Crippen molar-refractivity contribution in [1.29, 1.82) is 0 Å². The van der Waals surface area contributed by atoms with Gasteiger partial charge in [-0.05, 0) is 13.8 Å². The first-order chi connectivity index (χ1) is 5.58. The van der Waals surface area contributed by atoms with Crippen LogP contribution < -0.4 is 10.9 Å². The van der Waals surface area contributed by atoms with Crippen molar-refractivity contribution in [1.82, 2.24) is 16.2 Å². The molecule has 12 heavy (non-hydrogen) atoms. The average Bonchev–Trinajstić information content (AvgIpc) is 1.81. The molecule has 4 nitrogen and oxygen atoms in total. The summed E-state index contributed by atoms with van der Waals surface area (Å²) in [5.41, 5.74) is 3.95. The predicted molar refractivity (Wildman–Crippen MR) is 38.4 cm³/mol. The molecule has 0 aromatic rings. The van der Waals surface area contributed by atoms with Crippen molar-refractivity contribution >= 4 is 0 Å². The fourth-order valence-electron chi connectivity index (χ4n) is 0.764. The second kappa shape index (κ2) is 3.68.